The molecule has 1 heterocycles. The van der Waals surface area contributed by atoms with Crippen molar-refractivity contribution in [1.29, 1.82) is 0 Å². The van der Waals surface area contributed by atoms with Crippen LogP contribution in [0.15, 0.2) is 35.7 Å². The lowest BCUT2D eigenvalue weighted by atomic mass is 10.1. The molecule has 1 atom stereocenters. The van der Waals surface area contributed by atoms with Gasteiger partial charge in [0.05, 0.1) is 6.04 Å². The van der Waals surface area contributed by atoms with E-state index in [1.54, 1.807) is 11.3 Å². The molecule has 0 radical (unpaired) electrons. The summed E-state index contributed by atoms with van der Waals surface area (Å²) >= 11 is 1.59. The van der Waals surface area contributed by atoms with Crippen LogP contribution in [0.3, 0.4) is 0 Å². The first-order valence-corrected chi connectivity index (χ1v) is 6.85. The van der Waals surface area contributed by atoms with Gasteiger partial charge >= 0.3 is 0 Å². The summed E-state index contributed by atoms with van der Waals surface area (Å²) in [5.74, 6) is -0.574. The Morgan fingerprint density at radius 1 is 1.32 bits per heavy atom. The average molecular weight is 277 g/mol. The van der Waals surface area contributed by atoms with Crippen LogP contribution in [-0.4, -0.2) is 16.1 Å². The first-order valence-electron chi connectivity index (χ1n) is 5.97. The number of aromatic hydroxyl groups is 2. The SMILES string of the molecule is CCC(NC(=O)c1cc(O)cc(O)c1)c1cccs1. The molecule has 0 aliphatic rings. The molecule has 0 aliphatic carbocycles. The van der Waals surface area contributed by atoms with Crippen molar-refractivity contribution in [2.24, 2.45) is 0 Å². The average Bonchev–Trinajstić information content (AvgIpc) is 2.88. The molecule has 0 fully saturated rings. The lowest BCUT2D eigenvalue weighted by Crippen LogP contribution is -2.27. The van der Waals surface area contributed by atoms with Crippen LogP contribution >= 0.6 is 11.3 Å². The lowest BCUT2D eigenvalue weighted by Gasteiger charge is -2.15. The van der Waals surface area contributed by atoms with Crippen molar-refractivity contribution < 1.29 is 15.0 Å². The summed E-state index contributed by atoms with van der Waals surface area (Å²) < 4.78 is 0. The van der Waals surface area contributed by atoms with Gasteiger partial charge in [-0.15, -0.1) is 11.3 Å². The Hall–Kier alpha value is -2.01. The Morgan fingerprint density at radius 2 is 2.00 bits per heavy atom. The molecule has 0 saturated heterocycles. The summed E-state index contributed by atoms with van der Waals surface area (Å²) in [7, 11) is 0. The predicted molar refractivity (Wildman–Crippen MR) is 74.6 cm³/mol. The number of amides is 1. The number of phenols is 2. The van der Waals surface area contributed by atoms with Gasteiger partial charge in [-0.1, -0.05) is 13.0 Å². The number of carbonyl (C=O) groups is 1. The van der Waals surface area contributed by atoms with Crippen molar-refractivity contribution in [2.45, 2.75) is 19.4 Å². The minimum atomic E-state index is -0.313. The van der Waals surface area contributed by atoms with Gasteiger partial charge in [-0.3, -0.25) is 4.79 Å². The number of thiophene rings is 1. The van der Waals surface area contributed by atoms with Crippen LogP contribution in [0, 0.1) is 0 Å². The Bertz CT molecular complexity index is 546. The Kier molecular flexibility index (Phi) is 4.06. The monoisotopic (exact) mass is 277 g/mol. The molecule has 1 aromatic carbocycles. The van der Waals surface area contributed by atoms with E-state index in [4.69, 9.17) is 0 Å². The van der Waals surface area contributed by atoms with Crippen molar-refractivity contribution in [3.8, 4) is 11.5 Å². The van der Waals surface area contributed by atoms with Crippen LogP contribution < -0.4 is 5.32 Å². The van der Waals surface area contributed by atoms with Gasteiger partial charge in [0.15, 0.2) is 0 Å². The quantitative estimate of drug-likeness (QED) is 0.804. The molecular formula is C14H15NO3S. The summed E-state index contributed by atoms with van der Waals surface area (Å²) in [4.78, 5) is 13.2. The minimum absolute atomic E-state index is 0.0583. The number of benzene rings is 1. The number of nitrogens with one attached hydrogen (secondary N) is 1. The molecule has 1 unspecified atom stereocenters. The van der Waals surface area contributed by atoms with E-state index < -0.39 is 0 Å². The minimum Gasteiger partial charge on any atom is -0.508 e. The topological polar surface area (TPSA) is 69.6 Å². The van der Waals surface area contributed by atoms with Crippen molar-refractivity contribution >= 4 is 17.2 Å². The van der Waals surface area contributed by atoms with Crippen molar-refractivity contribution in [2.75, 3.05) is 0 Å². The summed E-state index contributed by atoms with van der Waals surface area (Å²) in [6.45, 7) is 1.99. The van der Waals surface area contributed by atoms with Gasteiger partial charge in [-0.05, 0) is 30.0 Å². The standard InChI is InChI=1S/C14H15NO3S/c1-2-12(13-4-3-5-19-13)15-14(18)9-6-10(16)8-11(17)7-9/h3-8,12,16-17H,2H2,1H3,(H,15,18). The van der Waals surface area contributed by atoms with E-state index in [0.717, 1.165) is 11.3 Å². The van der Waals surface area contributed by atoms with Crippen molar-refractivity contribution in [1.82, 2.24) is 5.32 Å². The molecule has 3 N–H and O–H groups in total. The van der Waals surface area contributed by atoms with E-state index in [0.29, 0.717) is 0 Å². The van der Waals surface area contributed by atoms with E-state index >= 15 is 0 Å². The third-order valence-electron chi connectivity index (χ3n) is 2.76. The molecule has 2 rings (SSSR count). The third kappa shape index (κ3) is 3.26. The van der Waals surface area contributed by atoms with Crippen LogP contribution in [0.2, 0.25) is 0 Å². The van der Waals surface area contributed by atoms with Crippen LogP contribution in [0.5, 0.6) is 11.5 Å². The maximum Gasteiger partial charge on any atom is 0.252 e. The first-order chi connectivity index (χ1) is 9.10. The molecule has 0 aliphatic heterocycles. The predicted octanol–water partition coefficient (Wildman–Crippen LogP) is 3.04. The second-order valence-corrected chi connectivity index (χ2v) is 5.17. The highest BCUT2D eigenvalue weighted by molar-refractivity contribution is 7.10. The number of rotatable bonds is 4. The van der Waals surface area contributed by atoms with Gasteiger partial charge in [0, 0.05) is 16.5 Å². The highest BCUT2D eigenvalue weighted by Gasteiger charge is 2.15. The van der Waals surface area contributed by atoms with Crippen LogP contribution in [-0.2, 0) is 0 Å². The Morgan fingerprint density at radius 3 is 2.53 bits per heavy atom. The second-order valence-electron chi connectivity index (χ2n) is 4.19. The fourth-order valence-corrected chi connectivity index (χ4v) is 2.69. The molecule has 0 bridgehead atoms. The molecule has 0 spiro atoms. The molecule has 1 aromatic heterocycles. The summed E-state index contributed by atoms with van der Waals surface area (Å²) in [5.41, 5.74) is 0.243. The smallest absolute Gasteiger partial charge is 0.252 e. The Labute approximate surface area is 115 Å². The summed E-state index contributed by atoms with van der Waals surface area (Å²) in [5, 5.41) is 23.6. The highest BCUT2D eigenvalue weighted by Crippen LogP contribution is 2.24. The largest absolute Gasteiger partial charge is 0.508 e. The molecule has 2 aromatic rings. The van der Waals surface area contributed by atoms with Gasteiger partial charge < -0.3 is 15.5 Å². The Balaban J connectivity index is 2.15. The maximum atomic E-state index is 12.1. The van der Waals surface area contributed by atoms with E-state index in [2.05, 4.69) is 5.32 Å². The van der Waals surface area contributed by atoms with Gasteiger partial charge in [0.2, 0.25) is 0 Å². The van der Waals surface area contributed by atoms with E-state index in [9.17, 15) is 15.0 Å². The van der Waals surface area contributed by atoms with E-state index in [1.807, 2.05) is 24.4 Å². The fraction of sp³-hybridized carbons (Fsp3) is 0.214. The molecule has 0 saturated carbocycles. The number of phenolic OH excluding ortho intramolecular Hbond substituents is 2. The van der Waals surface area contributed by atoms with Gasteiger partial charge in [-0.2, -0.15) is 0 Å². The molecule has 4 nitrogen and oxygen atoms in total. The van der Waals surface area contributed by atoms with E-state index in [1.165, 1.54) is 18.2 Å². The van der Waals surface area contributed by atoms with Crippen molar-refractivity contribution in [3.05, 3.63) is 46.2 Å². The summed E-state index contributed by atoms with van der Waals surface area (Å²) in [6.07, 6.45) is 0.775. The zero-order valence-corrected chi connectivity index (χ0v) is 11.3. The van der Waals surface area contributed by atoms with Gasteiger partial charge in [-0.25, -0.2) is 0 Å². The normalized spacial score (nSPS) is 12.1. The lowest BCUT2D eigenvalue weighted by molar-refractivity contribution is 0.0935. The number of hydrogen-bond donors (Lipinski definition) is 3. The molecular weight excluding hydrogens is 262 g/mol. The number of carbonyl (C=O) groups excluding carboxylic acids is 1. The maximum absolute atomic E-state index is 12.1. The van der Waals surface area contributed by atoms with E-state index in [-0.39, 0.29) is 29.0 Å². The van der Waals surface area contributed by atoms with Crippen LogP contribution in [0.1, 0.15) is 34.6 Å². The number of hydrogen-bond acceptors (Lipinski definition) is 4. The van der Waals surface area contributed by atoms with Gasteiger partial charge in [0.1, 0.15) is 11.5 Å². The molecule has 5 heteroatoms. The van der Waals surface area contributed by atoms with Crippen LogP contribution in [0.4, 0.5) is 0 Å². The molecule has 19 heavy (non-hydrogen) atoms. The molecule has 100 valence electrons. The summed E-state index contributed by atoms with van der Waals surface area (Å²) in [6, 6.07) is 7.70. The first kappa shape index (κ1) is 13.4. The zero-order chi connectivity index (χ0) is 13.8. The zero-order valence-electron chi connectivity index (χ0n) is 10.5. The van der Waals surface area contributed by atoms with Crippen molar-refractivity contribution in [3.63, 3.8) is 0 Å². The molecule has 1 amide bonds. The van der Waals surface area contributed by atoms with Gasteiger partial charge in [0.25, 0.3) is 5.91 Å². The van der Waals surface area contributed by atoms with Crippen LogP contribution in [0.25, 0.3) is 0 Å². The third-order valence-corrected chi connectivity index (χ3v) is 3.75. The second kappa shape index (κ2) is 5.75. The fourth-order valence-electron chi connectivity index (χ4n) is 1.83. The highest BCUT2D eigenvalue weighted by atomic mass is 32.1.